The number of carbonyl (C=O) groups is 2. The zero-order valence-electron chi connectivity index (χ0n) is 26.4. The van der Waals surface area contributed by atoms with Gasteiger partial charge in [0, 0.05) is 22.7 Å². The Morgan fingerprint density at radius 2 is 0.760 bits per heavy atom. The number of carbonyl (C=O) groups excluding carboxylic acids is 2. The van der Waals surface area contributed by atoms with Crippen LogP contribution in [0.1, 0.15) is 0 Å². The van der Waals surface area contributed by atoms with Gasteiger partial charge in [0.2, 0.25) is 0 Å². The predicted octanol–water partition coefficient (Wildman–Crippen LogP) is 6.53. The van der Waals surface area contributed by atoms with E-state index in [1.807, 2.05) is 0 Å². The van der Waals surface area contributed by atoms with Gasteiger partial charge in [0.1, 0.15) is 32.8 Å². The number of nitrogens with one attached hydrogen (secondary N) is 4. The van der Waals surface area contributed by atoms with E-state index in [0.717, 1.165) is 0 Å². The lowest BCUT2D eigenvalue weighted by Gasteiger charge is -2.12. The summed E-state index contributed by atoms with van der Waals surface area (Å²) in [4.78, 5) is 25.1. The number of methoxy groups -OCH3 is 2. The zero-order chi connectivity index (χ0) is 35.7. The van der Waals surface area contributed by atoms with Gasteiger partial charge >= 0.3 is 32.3 Å². The molecular formula is C34H30N4O10S2. The number of anilines is 4. The molecule has 0 aliphatic carbocycles. The molecule has 0 bridgehead atoms. The fourth-order valence-electron chi connectivity index (χ4n) is 4.28. The van der Waals surface area contributed by atoms with E-state index in [0.29, 0.717) is 34.2 Å². The van der Waals surface area contributed by atoms with Gasteiger partial charge in [-0.1, -0.05) is 6.07 Å². The van der Waals surface area contributed by atoms with Gasteiger partial charge in [0.15, 0.2) is 0 Å². The summed E-state index contributed by atoms with van der Waals surface area (Å²) in [5, 5.41) is 10.6. The van der Waals surface area contributed by atoms with Crippen molar-refractivity contribution in [2.24, 2.45) is 0 Å². The summed E-state index contributed by atoms with van der Waals surface area (Å²) in [5.74, 6) is 1.10. The molecule has 4 N–H and O–H groups in total. The molecule has 0 aliphatic rings. The van der Waals surface area contributed by atoms with E-state index in [9.17, 15) is 26.4 Å². The summed E-state index contributed by atoms with van der Waals surface area (Å²) >= 11 is 0. The van der Waals surface area contributed by atoms with Gasteiger partial charge in [-0.25, -0.2) is 9.59 Å². The molecular weight excluding hydrogens is 689 g/mol. The van der Waals surface area contributed by atoms with Crippen molar-refractivity contribution in [3.8, 4) is 23.0 Å². The molecule has 0 aromatic heterocycles. The number of hydrogen-bond acceptors (Lipinski definition) is 10. The Balaban J connectivity index is 1.10. The van der Waals surface area contributed by atoms with Crippen molar-refractivity contribution in [1.29, 1.82) is 0 Å². The number of ether oxygens (including phenoxy) is 2. The van der Waals surface area contributed by atoms with Crippen molar-refractivity contribution in [1.82, 2.24) is 0 Å². The lowest BCUT2D eigenvalue weighted by Crippen LogP contribution is -2.21. The molecule has 50 heavy (non-hydrogen) atoms. The quantitative estimate of drug-likeness (QED) is 0.103. The number of hydrogen-bond donors (Lipinski definition) is 4. The monoisotopic (exact) mass is 718 g/mol. The summed E-state index contributed by atoms with van der Waals surface area (Å²) in [7, 11) is -5.22. The molecule has 0 unspecified atom stereocenters. The topological polar surface area (TPSA) is 187 Å². The molecule has 0 aliphatic heterocycles. The molecule has 14 nitrogen and oxygen atoms in total. The average molecular weight is 719 g/mol. The number of amides is 4. The standard InChI is InChI=1S/C34H30N4O10S2/c1-45-27-14-18-31(19-15-27)49(41,42)47-29-10-6-23(7-11-29)35-33(39)37-25-4-3-5-26(22-25)38-34(40)36-24-8-12-30(13-9-24)48-50(43,44)32-20-16-28(46-2)17-21-32/h3-22H,1-2H3,(H2,35,37,39)(H2,36,38,40). The molecule has 0 fully saturated rings. The van der Waals surface area contributed by atoms with Gasteiger partial charge in [-0.3, -0.25) is 0 Å². The molecule has 5 rings (SSSR count). The Labute approximate surface area is 288 Å². The molecule has 5 aromatic carbocycles. The molecule has 16 heteroatoms. The van der Waals surface area contributed by atoms with E-state index >= 15 is 0 Å². The van der Waals surface area contributed by atoms with E-state index in [2.05, 4.69) is 21.3 Å². The third kappa shape index (κ3) is 9.42. The van der Waals surface area contributed by atoms with Crippen LogP contribution in [0, 0.1) is 0 Å². The maximum absolute atomic E-state index is 12.6. The molecule has 4 amide bonds. The average Bonchev–Trinajstić information content (AvgIpc) is 3.10. The second-order valence-electron chi connectivity index (χ2n) is 10.2. The number of benzene rings is 5. The Bertz CT molecular complexity index is 2020. The van der Waals surface area contributed by atoms with Crippen molar-refractivity contribution in [2.75, 3.05) is 35.5 Å². The van der Waals surface area contributed by atoms with Crippen molar-refractivity contribution in [3.05, 3.63) is 121 Å². The highest BCUT2D eigenvalue weighted by molar-refractivity contribution is 7.87. The summed E-state index contributed by atoms with van der Waals surface area (Å²) < 4.78 is 70.7. The molecule has 258 valence electrons. The van der Waals surface area contributed by atoms with E-state index in [-0.39, 0.29) is 21.3 Å². The van der Waals surface area contributed by atoms with Crippen LogP contribution in [0.5, 0.6) is 23.0 Å². The van der Waals surface area contributed by atoms with E-state index < -0.39 is 32.3 Å². The van der Waals surface area contributed by atoms with Gasteiger partial charge in [-0.15, -0.1) is 0 Å². The van der Waals surface area contributed by atoms with Crippen molar-refractivity contribution < 1.29 is 44.3 Å². The molecule has 5 aromatic rings. The van der Waals surface area contributed by atoms with E-state index in [4.69, 9.17) is 17.8 Å². The van der Waals surface area contributed by atoms with Crippen molar-refractivity contribution in [3.63, 3.8) is 0 Å². The Kier molecular flexibility index (Phi) is 10.7. The highest BCUT2D eigenvalue weighted by Gasteiger charge is 2.18. The number of urea groups is 2. The smallest absolute Gasteiger partial charge is 0.339 e. The molecule has 0 radical (unpaired) electrons. The normalized spacial score (nSPS) is 11.1. The van der Waals surface area contributed by atoms with Crippen LogP contribution < -0.4 is 39.1 Å². The lowest BCUT2D eigenvalue weighted by molar-refractivity contribution is 0.261. The SMILES string of the molecule is COc1ccc(S(=O)(=O)Oc2ccc(NC(=O)Nc3cccc(NC(=O)Nc4ccc(OS(=O)(=O)c5ccc(OC)cc5)cc4)c3)cc2)cc1. The first-order chi connectivity index (χ1) is 23.9. The fourth-order valence-corrected chi connectivity index (χ4v) is 6.14. The van der Waals surface area contributed by atoms with Gasteiger partial charge in [0.05, 0.1) is 14.2 Å². The van der Waals surface area contributed by atoms with Crippen LogP contribution in [0.25, 0.3) is 0 Å². The van der Waals surface area contributed by atoms with Crippen LogP contribution >= 0.6 is 0 Å². The Hall–Kier alpha value is -6.26. The Morgan fingerprint density at radius 3 is 1.10 bits per heavy atom. The minimum atomic E-state index is -4.08. The van der Waals surface area contributed by atoms with Crippen LogP contribution in [0.15, 0.2) is 131 Å². The summed E-state index contributed by atoms with van der Waals surface area (Å²) in [6.07, 6.45) is 0. The largest absolute Gasteiger partial charge is 0.497 e. The minimum absolute atomic E-state index is 0.0464. The second-order valence-corrected chi connectivity index (χ2v) is 13.3. The second kappa shape index (κ2) is 15.3. The maximum atomic E-state index is 12.6. The summed E-state index contributed by atoms with van der Waals surface area (Å²) in [5.41, 5.74) is 1.45. The van der Waals surface area contributed by atoms with Crippen LogP contribution in [0.2, 0.25) is 0 Å². The van der Waals surface area contributed by atoms with Crippen molar-refractivity contribution in [2.45, 2.75) is 9.79 Å². The summed E-state index contributed by atoms with van der Waals surface area (Å²) in [6.45, 7) is 0. The minimum Gasteiger partial charge on any atom is -0.497 e. The number of rotatable bonds is 12. The van der Waals surface area contributed by atoms with Crippen LogP contribution in [-0.4, -0.2) is 43.1 Å². The molecule has 0 atom stereocenters. The van der Waals surface area contributed by atoms with Crippen LogP contribution in [-0.2, 0) is 20.2 Å². The molecule has 0 spiro atoms. The highest BCUT2D eigenvalue weighted by atomic mass is 32.2. The third-order valence-electron chi connectivity index (χ3n) is 6.71. The van der Waals surface area contributed by atoms with E-state index in [1.165, 1.54) is 117 Å². The van der Waals surface area contributed by atoms with Crippen molar-refractivity contribution >= 4 is 55.0 Å². The first-order valence-corrected chi connectivity index (χ1v) is 17.4. The first-order valence-electron chi connectivity index (χ1n) is 14.6. The van der Waals surface area contributed by atoms with Gasteiger partial charge in [-0.05, 0) is 115 Å². The van der Waals surface area contributed by atoms with Gasteiger partial charge in [-0.2, -0.15) is 16.8 Å². The highest BCUT2D eigenvalue weighted by Crippen LogP contribution is 2.25. The van der Waals surface area contributed by atoms with Crippen LogP contribution in [0.4, 0.5) is 32.3 Å². The van der Waals surface area contributed by atoms with Gasteiger partial charge < -0.3 is 39.1 Å². The first kappa shape index (κ1) is 35.1. The molecule has 0 saturated carbocycles. The fraction of sp³-hybridized carbons (Fsp3) is 0.0588. The molecule has 0 heterocycles. The van der Waals surface area contributed by atoms with Gasteiger partial charge in [0.25, 0.3) is 0 Å². The van der Waals surface area contributed by atoms with Crippen LogP contribution in [0.3, 0.4) is 0 Å². The van der Waals surface area contributed by atoms with E-state index in [1.54, 1.807) is 18.2 Å². The predicted molar refractivity (Wildman–Crippen MR) is 186 cm³/mol. The molecule has 0 saturated heterocycles. The lowest BCUT2D eigenvalue weighted by atomic mass is 10.2. The Morgan fingerprint density at radius 1 is 0.440 bits per heavy atom. The zero-order valence-corrected chi connectivity index (χ0v) is 28.1. The summed E-state index contributed by atoms with van der Waals surface area (Å²) in [6, 6.07) is 28.1. The maximum Gasteiger partial charge on any atom is 0.339 e. The third-order valence-corrected chi connectivity index (χ3v) is 9.23.